The fraction of sp³-hybridized carbons (Fsp3) is 0.375. The van der Waals surface area contributed by atoms with E-state index in [1.165, 1.54) is 0 Å². The molecule has 1 aliphatic rings. The number of ether oxygens (including phenoxy) is 1. The third-order valence-corrected chi connectivity index (χ3v) is 2.25. The van der Waals surface area contributed by atoms with Gasteiger partial charge in [-0.3, -0.25) is 4.90 Å². The number of carbonyl (C=O) groups is 1. The molecule has 1 fully saturated rings. The molecule has 1 amide bonds. The lowest BCUT2D eigenvalue weighted by Crippen LogP contribution is -2.23. The van der Waals surface area contributed by atoms with Crippen LogP contribution in [0.5, 0.6) is 0 Å². The summed E-state index contributed by atoms with van der Waals surface area (Å²) < 4.78 is 10.7. The Kier molecular flexibility index (Phi) is 2.26. The van der Waals surface area contributed by atoms with Gasteiger partial charge in [-0.15, -0.1) is 0 Å². The predicted molar refractivity (Wildman–Crippen MR) is 48.2 cm³/mol. The van der Waals surface area contributed by atoms with Crippen LogP contribution in [0.1, 0.15) is 5.76 Å². The second-order valence-corrected chi connectivity index (χ2v) is 3.52. The summed E-state index contributed by atoms with van der Waals surface area (Å²) in [4.78, 5) is 12.6. The van der Waals surface area contributed by atoms with Crippen molar-refractivity contribution in [2.75, 3.05) is 13.2 Å². The molecule has 0 radical (unpaired) electrons. The van der Waals surface area contributed by atoms with E-state index in [-0.39, 0.29) is 6.09 Å². The maximum atomic E-state index is 11.0. The molecule has 0 bridgehead atoms. The summed E-state index contributed by atoms with van der Waals surface area (Å²) >= 11 is 3.20. The lowest BCUT2D eigenvalue weighted by atomic mass is 10.4. The highest BCUT2D eigenvalue weighted by Crippen LogP contribution is 2.17. The minimum absolute atomic E-state index is 0.271. The average Bonchev–Trinajstić information content (AvgIpc) is 2.64. The van der Waals surface area contributed by atoms with E-state index in [4.69, 9.17) is 9.15 Å². The van der Waals surface area contributed by atoms with Crippen molar-refractivity contribution in [2.45, 2.75) is 6.54 Å². The highest BCUT2D eigenvalue weighted by molar-refractivity contribution is 9.10. The highest BCUT2D eigenvalue weighted by Gasteiger charge is 2.22. The van der Waals surface area contributed by atoms with Crippen LogP contribution in [-0.4, -0.2) is 24.1 Å². The average molecular weight is 246 g/mol. The van der Waals surface area contributed by atoms with Gasteiger partial charge in [0.15, 0.2) is 4.67 Å². The molecule has 1 aromatic rings. The first-order chi connectivity index (χ1) is 6.25. The monoisotopic (exact) mass is 245 g/mol. The molecule has 1 aromatic heterocycles. The van der Waals surface area contributed by atoms with Crippen molar-refractivity contribution >= 4 is 22.0 Å². The molecule has 4 nitrogen and oxygen atoms in total. The molecule has 0 spiro atoms. The SMILES string of the molecule is O=C1OCCN1Cc1ccc(Br)o1. The lowest BCUT2D eigenvalue weighted by Gasteiger charge is -2.09. The Morgan fingerprint density at radius 1 is 1.54 bits per heavy atom. The fourth-order valence-electron chi connectivity index (χ4n) is 1.19. The Balaban J connectivity index is 2.01. The molecular formula is C8H8BrNO3. The van der Waals surface area contributed by atoms with Crippen LogP contribution >= 0.6 is 15.9 Å². The van der Waals surface area contributed by atoms with Gasteiger partial charge in [0.25, 0.3) is 0 Å². The van der Waals surface area contributed by atoms with Crippen LogP contribution in [-0.2, 0) is 11.3 Å². The number of hydrogen-bond donors (Lipinski definition) is 0. The standard InChI is InChI=1S/C8H8BrNO3/c9-7-2-1-6(13-7)5-10-3-4-12-8(10)11/h1-2H,3-5H2. The molecule has 5 heteroatoms. The van der Waals surface area contributed by atoms with Gasteiger partial charge in [0, 0.05) is 0 Å². The summed E-state index contributed by atoms with van der Waals surface area (Å²) in [7, 11) is 0. The summed E-state index contributed by atoms with van der Waals surface area (Å²) in [5.74, 6) is 0.755. The summed E-state index contributed by atoms with van der Waals surface area (Å²) in [5, 5.41) is 0. The van der Waals surface area contributed by atoms with E-state index in [1.54, 1.807) is 11.0 Å². The molecule has 70 valence electrons. The van der Waals surface area contributed by atoms with Crippen molar-refractivity contribution in [1.29, 1.82) is 0 Å². The molecule has 0 aromatic carbocycles. The minimum atomic E-state index is -0.271. The first-order valence-electron chi connectivity index (χ1n) is 3.91. The molecule has 0 saturated carbocycles. The predicted octanol–water partition coefficient (Wildman–Crippen LogP) is 1.99. The number of rotatable bonds is 2. The van der Waals surface area contributed by atoms with Crippen molar-refractivity contribution < 1.29 is 13.9 Å². The first-order valence-corrected chi connectivity index (χ1v) is 4.71. The van der Waals surface area contributed by atoms with E-state index >= 15 is 0 Å². The second-order valence-electron chi connectivity index (χ2n) is 2.74. The third-order valence-electron chi connectivity index (χ3n) is 1.82. The third kappa shape index (κ3) is 1.85. The van der Waals surface area contributed by atoms with Gasteiger partial charge in [-0.25, -0.2) is 4.79 Å². The van der Waals surface area contributed by atoms with E-state index in [2.05, 4.69) is 15.9 Å². The quantitative estimate of drug-likeness (QED) is 0.801. The maximum absolute atomic E-state index is 11.0. The van der Waals surface area contributed by atoms with Gasteiger partial charge < -0.3 is 9.15 Å². The summed E-state index contributed by atoms with van der Waals surface area (Å²) in [6.07, 6.45) is -0.271. The number of nitrogens with zero attached hydrogens (tertiary/aromatic N) is 1. The topological polar surface area (TPSA) is 42.7 Å². The van der Waals surface area contributed by atoms with Gasteiger partial charge in [-0.2, -0.15) is 0 Å². The molecule has 0 N–H and O–H groups in total. The van der Waals surface area contributed by atoms with Crippen LogP contribution in [0.3, 0.4) is 0 Å². The van der Waals surface area contributed by atoms with Crippen LogP contribution < -0.4 is 0 Å². The summed E-state index contributed by atoms with van der Waals surface area (Å²) in [6.45, 7) is 1.59. The highest BCUT2D eigenvalue weighted by atomic mass is 79.9. The van der Waals surface area contributed by atoms with Crippen LogP contribution in [0.4, 0.5) is 4.79 Å². The Bertz CT molecular complexity index is 323. The molecule has 2 heterocycles. The van der Waals surface area contributed by atoms with Gasteiger partial charge in [-0.1, -0.05) is 0 Å². The largest absolute Gasteiger partial charge is 0.452 e. The Labute approximate surface area is 83.6 Å². The van der Waals surface area contributed by atoms with Crippen LogP contribution in [0, 0.1) is 0 Å². The lowest BCUT2D eigenvalue weighted by molar-refractivity contribution is 0.155. The Morgan fingerprint density at radius 3 is 2.92 bits per heavy atom. The van der Waals surface area contributed by atoms with Gasteiger partial charge >= 0.3 is 6.09 Å². The maximum Gasteiger partial charge on any atom is 0.410 e. The van der Waals surface area contributed by atoms with Crippen molar-refractivity contribution in [3.05, 3.63) is 22.6 Å². The molecule has 0 unspecified atom stereocenters. The van der Waals surface area contributed by atoms with Crippen LogP contribution in [0.15, 0.2) is 21.2 Å². The van der Waals surface area contributed by atoms with Crippen molar-refractivity contribution in [3.8, 4) is 0 Å². The Hall–Kier alpha value is -0.970. The normalized spacial score (nSPS) is 16.4. The fourth-order valence-corrected chi connectivity index (χ4v) is 1.53. The smallest absolute Gasteiger partial charge is 0.410 e. The molecule has 1 saturated heterocycles. The summed E-state index contributed by atoms with van der Waals surface area (Å²) in [5.41, 5.74) is 0. The van der Waals surface area contributed by atoms with Crippen molar-refractivity contribution in [2.24, 2.45) is 0 Å². The molecule has 1 aliphatic heterocycles. The number of cyclic esters (lactones) is 1. The number of halogens is 1. The molecule has 2 rings (SSSR count). The van der Waals surface area contributed by atoms with E-state index in [9.17, 15) is 4.79 Å². The molecule has 0 aliphatic carbocycles. The minimum Gasteiger partial charge on any atom is -0.452 e. The van der Waals surface area contributed by atoms with Gasteiger partial charge in [0.05, 0.1) is 13.1 Å². The van der Waals surface area contributed by atoms with E-state index in [0.717, 1.165) is 5.76 Å². The van der Waals surface area contributed by atoms with E-state index < -0.39 is 0 Å². The molecular weight excluding hydrogens is 238 g/mol. The van der Waals surface area contributed by atoms with Crippen LogP contribution in [0.25, 0.3) is 0 Å². The summed E-state index contributed by atoms with van der Waals surface area (Å²) in [6, 6.07) is 3.63. The van der Waals surface area contributed by atoms with Gasteiger partial charge in [-0.05, 0) is 28.1 Å². The van der Waals surface area contributed by atoms with Crippen LogP contribution in [0.2, 0.25) is 0 Å². The second kappa shape index (κ2) is 3.41. The Morgan fingerprint density at radius 2 is 2.38 bits per heavy atom. The first kappa shape index (κ1) is 8.62. The van der Waals surface area contributed by atoms with E-state index in [0.29, 0.717) is 24.4 Å². The van der Waals surface area contributed by atoms with E-state index in [1.807, 2.05) is 6.07 Å². The van der Waals surface area contributed by atoms with Gasteiger partial charge in [0.2, 0.25) is 0 Å². The molecule has 0 atom stereocenters. The zero-order chi connectivity index (χ0) is 9.26. The number of furan rings is 1. The van der Waals surface area contributed by atoms with Crippen molar-refractivity contribution in [1.82, 2.24) is 4.90 Å². The molecule has 13 heavy (non-hydrogen) atoms. The zero-order valence-corrected chi connectivity index (χ0v) is 8.41. The number of carbonyl (C=O) groups excluding carboxylic acids is 1. The number of hydrogen-bond acceptors (Lipinski definition) is 3. The van der Waals surface area contributed by atoms with Gasteiger partial charge in [0.1, 0.15) is 12.4 Å². The van der Waals surface area contributed by atoms with Crippen molar-refractivity contribution in [3.63, 3.8) is 0 Å². The zero-order valence-electron chi connectivity index (χ0n) is 6.83. The number of amides is 1.